The van der Waals surface area contributed by atoms with E-state index in [4.69, 9.17) is 0 Å². The molecule has 4 heteroatoms. The number of pyridine rings is 1. The summed E-state index contributed by atoms with van der Waals surface area (Å²) < 4.78 is 0. The number of rotatable bonds is 4. The van der Waals surface area contributed by atoms with Crippen molar-refractivity contribution in [1.29, 1.82) is 0 Å². The lowest BCUT2D eigenvalue weighted by Gasteiger charge is -2.37. The molecule has 4 nitrogen and oxygen atoms in total. The highest BCUT2D eigenvalue weighted by molar-refractivity contribution is 5.45. The van der Waals surface area contributed by atoms with Gasteiger partial charge in [-0.25, -0.2) is 0 Å². The average molecular weight is 263 g/mol. The predicted molar refractivity (Wildman–Crippen MR) is 78.4 cm³/mol. The molecule has 0 radical (unpaired) electrons. The lowest BCUT2D eigenvalue weighted by atomic mass is 10.0. The van der Waals surface area contributed by atoms with Crippen LogP contribution in [0.15, 0.2) is 18.3 Å². The molecule has 0 aromatic carbocycles. The summed E-state index contributed by atoms with van der Waals surface area (Å²) >= 11 is 0. The van der Waals surface area contributed by atoms with Gasteiger partial charge >= 0.3 is 0 Å². The van der Waals surface area contributed by atoms with Crippen LogP contribution in [0.5, 0.6) is 0 Å². The largest absolute Gasteiger partial charge is 0.387 e. The molecular weight excluding hydrogens is 238 g/mol. The molecular formula is C15H25N3O. The summed E-state index contributed by atoms with van der Waals surface area (Å²) in [6, 6.07) is 4.56. The quantitative estimate of drug-likeness (QED) is 0.902. The van der Waals surface area contributed by atoms with Gasteiger partial charge in [0.25, 0.3) is 0 Å². The molecule has 2 rings (SSSR count). The zero-order valence-electron chi connectivity index (χ0n) is 12.2. The van der Waals surface area contributed by atoms with E-state index in [9.17, 15) is 5.11 Å². The molecule has 1 aliphatic rings. The first-order valence-electron chi connectivity index (χ1n) is 7.17. The molecule has 0 aliphatic carbocycles. The highest BCUT2D eigenvalue weighted by Crippen LogP contribution is 2.22. The molecule has 2 unspecified atom stereocenters. The molecule has 1 fully saturated rings. The van der Waals surface area contributed by atoms with E-state index in [1.807, 2.05) is 19.2 Å². The van der Waals surface area contributed by atoms with Crippen molar-refractivity contribution < 1.29 is 5.11 Å². The Labute approximate surface area is 116 Å². The summed E-state index contributed by atoms with van der Waals surface area (Å²) in [4.78, 5) is 9.07. The second-order valence-electron chi connectivity index (χ2n) is 5.53. The molecule has 1 aromatic rings. The molecule has 1 aliphatic heterocycles. The van der Waals surface area contributed by atoms with Crippen molar-refractivity contribution in [2.24, 2.45) is 0 Å². The maximum atomic E-state index is 9.76. The van der Waals surface area contributed by atoms with Gasteiger partial charge < -0.3 is 14.9 Å². The van der Waals surface area contributed by atoms with Crippen LogP contribution in [0.1, 0.15) is 38.0 Å². The van der Waals surface area contributed by atoms with Crippen molar-refractivity contribution in [1.82, 2.24) is 9.88 Å². The van der Waals surface area contributed by atoms with Gasteiger partial charge in [0.1, 0.15) is 0 Å². The van der Waals surface area contributed by atoms with E-state index >= 15 is 0 Å². The fourth-order valence-corrected chi connectivity index (χ4v) is 2.68. The van der Waals surface area contributed by atoms with E-state index in [2.05, 4.69) is 34.9 Å². The Morgan fingerprint density at radius 1 is 1.53 bits per heavy atom. The summed E-state index contributed by atoms with van der Waals surface area (Å²) in [6.07, 6.45) is 4.63. The van der Waals surface area contributed by atoms with Crippen LogP contribution in [-0.2, 0) is 0 Å². The van der Waals surface area contributed by atoms with Gasteiger partial charge in [-0.05, 0) is 45.0 Å². The van der Waals surface area contributed by atoms with Gasteiger partial charge in [-0.15, -0.1) is 0 Å². The summed E-state index contributed by atoms with van der Waals surface area (Å²) in [5.74, 6) is 0. The van der Waals surface area contributed by atoms with Crippen molar-refractivity contribution in [2.75, 3.05) is 32.1 Å². The number of hydrogen-bond donors (Lipinski definition) is 1. The molecule has 1 aromatic heterocycles. The maximum absolute atomic E-state index is 9.76. The SMILES string of the molecule is CCC(O)c1ccc(N(C)C2CCCN(C)C2)cn1. The van der Waals surface area contributed by atoms with Gasteiger partial charge in [-0.3, -0.25) is 4.98 Å². The zero-order chi connectivity index (χ0) is 13.8. The first kappa shape index (κ1) is 14.3. The van der Waals surface area contributed by atoms with Gasteiger partial charge in [0, 0.05) is 19.6 Å². The van der Waals surface area contributed by atoms with Gasteiger partial charge in [-0.2, -0.15) is 0 Å². The normalized spacial score (nSPS) is 22.2. The number of aliphatic hydroxyl groups excluding tert-OH is 1. The summed E-state index contributed by atoms with van der Waals surface area (Å²) in [6.45, 7) is 4.27. The standard InChI is InChI=1S/C15H25N3O/c1-4-15(19)14-8-7-12(10-16-14)18(3)13-6-5-9-17(2)11-13/h7-8,10,13,15,19H,4-6,9,11H2,1-3H3. The molecule has 0 saturated carbocycles. The van der Waals surface area contributed by atoms with Gasteiger partial charge in [-0.1, -0.05) is 6.92 Å². The minimum atomic E-state index is -0.444. The topological polar surface area (TPSA) is 39.6 Å². The lowest BCUT2D eigenvalue weighted by molar-refractivity contribution is 0.169. The first-order chi connectivity index (χ1) is 9.11. The number of hydrogen-bond acceptors (Lipinski definition) is 4. The fraction of sp³-hybridized carbons (Fsp3) is 0.667. The van der Waals surface area contributed by atoms with Crippen LogP contribution in [0.3, 0.4) is 0 Å². The number of anilines is 1. The highest BCUT2D eigenvalue weighted by atomic mass is 16.3. The van der Waals surface area contributed by atoms with E-state index in [1.165, 1.54) is 19.4 Å². The zero-order valence-corrected chi connectivity index (χ0v) is 12.2. The maximum Gasteiger partial charge on any atom is 0.0957 e. The van der Waals surface area contributed by atoms with Crippen molar-refractivity contribution in [3.05, 3.63) is 24.0 Å². The van der Waals surface area contributed by atoms with Crippen LogP contribution in [0, 0.1) is 0 Å². The second kappa shape index (κ2) is 6.35. The lowest BCUT2D eigenvalue weighted by Crippen LogP contribution is -2.45. The fourth-order valence-electron chi connectivity index (χ4n) is 2.68. The molecule has 1 saturated heterocycles. The number of likely N-dealkylation sites (tertiary alicyclic amines) is 1. The second-order valence-corrected chi connectivity index (χ2v) is 5.53. The Morgan fingerprint density at radius 3 is 2.89 bits per heavy atom. The molecule has 106 valence electrons. The molecule has 2 atom stereocenters. The Morgan fingerprint density at radius 2 is 2.32 bits per heavy atom. The van der Waals surface area contributed by atoms with Crippen LogP contribution < -0.4 is 4.90 Å². The van der Waals surface area contributed by atoms with Gasteiger partial charge in [0.2, 0.25) is 0 Å². The van der Waals surface area contributed by atoms with Crippen molar-refractivity contribution >= 4 is 5.69 Å². The molecule has 19 heavy (non-hydrogen) atoms. The molecule has 0 bridgehead atoms. The summed E-state index contributed by atoms with van der Waals surface area (Å²) in [7, 11) is 4.32. The van der Waals surface area contributed by atoms with E-state index < -0.39 is 6.10 Å². The third-order valence-electron chi connectivity index (χ3n) is 4.05. The third kappa shape index (κ3) is 3.45. The smallest absolute Gasteiger partial charge is 0.0957 e. The van der Waals surface area contributed by atoms with Gasteiger partial charge in [0.05, 0.1) is 23.7 Å². The Hall–Kier alpha value is -1.13. The Bertz CT molecular complexity index is 393. The van der Waals surface area contributed by atoms with Gasteiger partial charge in [0.15, 0.2) is 0 Å². The Kier molecular flexibility index (Phi) is 4.77. The average Bonchev–Trinajstić information content (AvgIpc) is 2.46. The van der Waals surface area contributed by atoms with Crippen molar-refractivity contribution in [2.45, 2.75) is 38.3 Å². The van der Waals surface area contributed by atoms with E-state index in [-0.39, 0.29) is 0 Å². The van der Waals surface area contributed by atoms with Crippen LogP contribution in [0.2, 0.25) is 0 Å². The van der Waals surface area contributed by atoms with Crippen LogP contribution in [-0.4, -0.2) is 48.2 Å². The number of nitrogens with zero attached hydrogens (tertiary/aromatic N) is 3. The number of likely N-dealkylation sites (N-methyl/N-ethyl adjacent to an activating group) is 2. The first-order valence-corrected chi connectivity index (χ1v) is 7.17. The van der Waals surface area contributed by atoms with Crippen LogP contribution in [0.4, 0.5) is 5.69 Å². The number of aliphatic hydroxyl groups is 1. The van der Waals surface area contributed by atoms with Crippen molar-refractivity contribution in [3.63, 3.8) is 0 Å². The van der Waals surface area contributed by atoms with E-state index in [1.54, 1.807) is 0 Å². The van der Waals surface area contributed by atoms with Crippen molar-refractivity contribution in [3.8, 4) is 0 Å². The highest BCUT2D eigenvalue weighted by Gasteiger charge is 2.21. The Balaban J connectivity index is 2.04. The van der Waals surface area contributed by atoms with Crippen LogP contribution >= 0.6 is 0 Å². The summed E-state index contributed by atoms with van der Waals surface area (Å²) in [5, 5.41) is 9.76. The van der Waals surface area contributed by atoms with Crippen LogP contribution in [0.25, 0.3) is 0 Å². The van der Waals surface area contributed by atoms with E-state index in [0.29, 0.717) is 12.5 Å². The minimum absolute atomic E-state index is 0.444. The minimum Gasteiger partial charge on any atom is -0.387 e. The monoisotopic (exact) mass is 263 g/mol. The predicted octanol–water partition coefficient (Wildman–Crippen LogP) is 2.06. The molecule has 0 spiro atoms. The van der Waals surface area contributed by atoms with E-state index in [0.717, 1.165) is 17.9 Å². The molecule has 0 amide bonds. The number of piperidine rings is 1. The third-order valence-corrected chi connectivity index (χ3v) is 4.05. The molecule has 1 N–H and O–H groups in total. The number of aromatic nitrogens is 1. The molecule has 2 heterocycles. The summed E-state index contributed by atoms with van der Waals surface area (Å²) in [5.41, 5.74) is 1.90.